The van der Waals surface area contributed by atoms with E-state index in [2.05, 4.69) is 83.1 Å². The fourth-order valence-corrected chi connectivity index (χ4v) is 8.61. The fraction of sp³-hybridized carbons (Fsp3) is 0.824. The molecule has 0 bridgehead atoms. The largest absolute Gasteiger partial charge is 0.340 e. The molecule has 3 rings (SSSR count). The van der Waals surface area contributed by atoms with Crippen LogP contribution in [0.5, 0.6) is 0 Å². The molecule has 3 fully saturated rings. The van der Waals surface area contributed by atoms with Gasteiger partial charge in [0.25, 0.3) is 0 Å². The van der Waals surface area contributed by atoms with Gasteiger partial charge in [-0.1, -0.05) is 194 Å². The Morgan fingerprint density at radius 3 is 0.278 bits per heavy atom. The van der Waals surface area contributed by atoms with Crippen molar-refractivity contribution in [2.75, 3.05) is 0 Å². The van der Waals surface area contributed by atoms with Crippen molar-refractivity contribution in [3.8, 4) is 0 Å². The summed E-state index contributed by atoms with van der Waals surface area (Å²) in [6, 6.07) is 0. The van der Waals surface area contributed by atoms with Crippen molar-refractivity contribution in [3.05, 3.63) is 62.3 Å². The van der Waals surface area contributed by atoms with Crippen LogP contribution in [0.1, 0.15) is 194 Å². The Morgan fingerprint density at radius 2 is 0.215 bits per heavy atom. The summed E-state index contributed by atoms with van der Waals surface area (Å²) in [5.41, 5.74) is 0. The molecule has 0 spiro atoms. The van der Waals surface area contributed by atoms with Crippen LogP contribution >= 0.6 is 0 Å². The van der Waals surface area contributed by atoms with Crippen LogP contribution < -0.4 is 0 Å². The van der Waals surface area contributed by atoms with Crippen LogP contribution in [0.2, 0.25) is 0 Å². The van der Waals surface area contributed by atoms with Gasteiger partial charge in [-0.2, -0.15) is 53.3 Å². The topological polar surface area (TPSA) is 0 Å². The third kappa shape index (κ3) is 133. The SMILES string of the molecule is [CH2-]C1CCC([CH2-])CCC(CC)CC1.[CH2-]C1CCC([CH2-])CCC(CC)CCC([CH2-])CC1.[CH2-]C1CCC([CH2-])CCC([CH2-])CCC(CC)CCC([CH2-])CC1.[Y].[Y].[Y].[Y].[Y].[Y].[Y].[Y].[Y].[Y].[Y].[Y].[Y].[Y].[Y].[Y].[Y].[Y].[Y].[Y].[Y].[Y].[Y].[Y].[Y].[Y].[Y].[Y]. The van der Waals surface area contributed by atoms with Crippen LogP contribution in [-0.2, 0) is 916 Å². The van der Waals surface area contributed by atoms with Gasteiger partial charge in [0, 0.05) is 916 Å². The van der Waals surface area contributed by atoms with E-state index in [1.807, 2.05) is 0 Å². The second-order valence-electron chi connectivity index (χ2n) is 18.5. The molecule has 0 amide bonds. The molecule has 28 radical (unpaired) electrons. The summed E-state index contributed by atoms with van der Waals surface area (Å²) < 4.78 is 0. The summed E-state index contributed by atoms with van der Waals surface area (Å²) in [7, 11) is 0. The van der Waals surface area contributed by atoms with E-state index in [-0.39, 0.29) is 916 Å². The summed E-state index contributed by atoms with van der Waals surface area (Å²) in [4.78, 5) is 0. The Bertz CT molecular complexity index is 771. The summed E-state index contributed by atoms with van der Waals surface area (Å²) in [5, 5.41) is 0. The monoisotopic (exact) mass is 3200 g/mol. The first-order valence-electron chi connectivity index (χ1n) is 22.8. The standard InChI is InChI=1S/C21H38.C17H31.C13H24.28Y/c1-6-21-15-13-19(4)11-9-17(2)7-8-18(3)10-12-20(5)14-16-21;1-5-17-12-10-15(3)8-6-14(2)7-9-16(4)11-13-17;1-4-13-9-7-11(2)5-6-12(3)8-10-13;;;;;;;;;;;;;;;;;;;;;;;;;;;;/h17-21H,2-16H2,1H3;14-17H,2-13H2,1H3;11-13H,2-10H2,1H3;;;;;;;;;;;;;;;;;;;;;;;;;;;;/q-4;-3;-2;;;;;;;;;;;;;;;;;;;;;;;;;;;;. The van der Waals surface area contributed by atoms with Crippen LogP contribution in [0, 0.1) is 133 Å². The van der Waals surface area contributed by atoms with Gasteiger partial charge < -0.3 is 62.3 Å². The van der Waals surface area contributed by atoms with Crippen molar-refractivity contribution in [1.82, 2.24) is 0 Å². The third-order valence-electron chi connectivity index (χ3n) is 13.5. The molecule has 3 saturated carbocycles. The van der Waals surface area contributed by atoms with E-state index in [1.54, 1.807) is 0 Å². The van der Waals surface area contributed by atoms with Crippen molar-refractivity contribution < 1.29 is 916 Å². The van der Waals surface area contributed by atoms with Crippen LogP contribution in [0.3, 0.4) is 0 Å². The number of hydrogen-bond donors (Lipinski definition) is 0. The molecule has 8 unspecified atom stereocenters. The smallest absolute Gasteiger partial charge is 0 e. The maximum Gasteiger partial charge on any atom is 0 e. The maximum atomic E-state index is 4.37. The van der Waals surface area contributed by atoms with Crippen LogP contribution in [0.15, 0.2) is 0 Å². The normalized spacial score (nSPS) is 24.6. The molecule has 0 N–H and O–H groups in total. The average molecular weight is 3200 g/mol. The molecule has 3 aliphatic rings. The second-order valence-corrected chi connectivity index (χ2v) is 18.5. The summed E-state index contributed by atoms with van der Waals surface area (Å²) >= 11 is 0. The summed E-state index contributed by atoms with van der Waals surface area (Å²) in [6.45, 7) is 45.7. The molecule has 0 saturated heterocycles. The predicted octanol–water partition coefficient (Wildman–Crippen LogP) is 16.4. The molecule has 0 aromatic carbocycles. The predicted molar refractivity (Wildman–Crippen MR) is 232 cm³/mol. The Kier molecular flexibility index (Phi) is 354. The molecule has 79 heavy (non-hydrogen) atoms. The first-order chi connectivity index (χ1) is 24.3. The average Bonchev–Trinajstić information content (AvgIpc) is 3.20. The Labute approximate surface area is 1200 Å². The van der Waals surface area contributed by atoms with Crippen molar-refractivity contribution in [3.63, 3.8) is 0 Å². The van der Waals surface area contributed by atoms with Gasteiger partial charge in [-0.25, -0.2) is 0 Å². The minimum Gasteiger partial charge on any atom is -0.340 e. The molecule has 0 nitrogen and oxygen atoms in total. The van der Waals surface area contributed by atoms with E-state index < -0.39 is 0 Å². The maximum absolute atomic E-state index is 4.37. The molecule has 0 aliphatic heterocycles. The van der Waals surface area contributed by atoms with Crippen molar-refractivity contribution in [2.24, 2.45) is 71.0 Å². The van der Waals surface area contributed by atoms with Crippen LogP contribution in [-0.4, -0.2) is 0 Å². The Hall–Kier alpha value is 30.9. The zero-order valence-electron chi connectivity index (χ0n) is 51.5. The van der Waals surface area contributed by atoms with Crippen LogP contribution in [0.25, 0.3) is 0 Å². The molecule has 390 valence electrons. The molecule has 0 heterocycles. The van der Waals surface area contributed by atoms with Crippen LogP contribution in [0.4, 0.5) is 0 Å². The van der Waals surface area contributed by atoms with E-state index >= 15 is 0 Å². The minimum atomic E-state index is 0. The van der Waals surface area contributed by atoms with Gasteiger partial charge >= 0.3 is 0 Å². The fourth-order valence-electron chi connectivity index (χ4n) is 8.61. The van der Waals surface area contributed by atoms with Crippen molar-refractivity contribution >= 4 is 0 Å². The Morgan fingerprint density at radius 1 is 0.152 bits per heavy atom. The number of rotatable bonds is 3. The number of hydrogen-bond acceptors (Lipinski definition) is 0. The molecule has 8 atom stereocenters. The molecular weight excluding hydrogens is 3100 g/mol. The molecule has 3 aliphatic carbocycles. The van der Waals surface area contributed by atoms with Crippen molar-refractivity contribution in [1.29, 1.82) is 0 Å². The first kappa shape index (κ1) is 194. The molecule has 28 heteroatoms. The zero-order chi connectivity index (χ0) is 38.0. The van der Waals surface area contributed by atoms with Gasteiger partial charge in [-0.3, -0.25) is 0 Å². The van der Waals surface area contributed by atoms with Gasteiger partial charge in [-0.05, 0) is 17.8 Å². The van der Waals surface area contributed by atoms with Gasteiger partial charge in [0.1, 0.15) is 0 Å². The Balaban J connectivity index is -0.0000000163. The first-order valence-corrected chi connectivity index (χ1v) is 22.8. The molecule has 0 aromatic heterocycles. The van der Waals surface area contributed by atoms with Gasteiger partial charge in [0.2, 0.25) is 0 Å². The minimum absolute atomic E-state index is 0. The van der Waals surface area contributed by atoms with E-state index in [0.717, 1.165) is 17.8 Å². The second kappa shape index (κ2) is 144. The summed E-state index contributed by atoms with van der Waals surface area (Å²) in [5.74, 6) is 8.52. The molecule has 0 aromatic rings. The van der Waals surface area contributed by atoms with E-state index in [4.69, 9.17) is 0 Å². The van der Waals surface area contributed by atoms with Gasteiger partial charge in [-0.15, -0.1) is 0 Å². The molecular formula is C51H93Y28-9. The van der Waals surface area contributed by atoms with Gasteiger partial charge in [0.15, 0.2) is 0 Å². The van der Waals surface area contributed by atoms with E-state index in [9.17, 15) is 0 Å². The van der Waals surface area contributed by atoms with Gasteiger partial charge in [0.05, 0.1) is 0 Å². The zero-order valence-corrected chi connectivity index (χ0v) is 131. The van der Waals surface area contributed by atoms with Crippen molar-refractivity contribution in [2.45, 2.75) is 194 Å². The third-order valence-corrected chi connectivity index (χ3v) is 13.5. The van der Waals surface area contributed by atoms with E-state index in [1.165, 1.54) is 173 Å². The quantitative estimate of drug-likeness (QED) is 0.247. The van der Waals surface area contributed by atoms with E-state index in [0.29, 0.717) is 53.3 Å². The summed E-state index contributed by atoms with van der Waals surface area (Å²) in [6.07, 6.45) is 35.3.